The zero-order chi connectivity index (χ0) is 14.0. The lowest BCUT2D eigenvalue weighted by molar-refractivity contribution is 0.271. The van der Waals surface area contributed by atoms with E-state index in [1.54, 1.807) is 6.07 Å². The predicted octanol–water partition coefficient (Wildman–Crippen LogP) is 3.72. The molecule has 1 aliphatic carbocycles. The van der Waals surface area contributed by atoms with Gasteiger partial charge < -0.3 is 15.2 Å². The summed E-state index contributed by atoms with van der Waals surface area (Å²) >= 11 is 3.23. The van der Waals surface area contributed by atoms with E-state index in [1.165, 1.54) is 14.2 Å². The average Bonchev–Trinajstić information content (AvgIpc) is 2.41. The van der Waals surface area contributed by atoms with Gasteiger partial charge in [0.1, 0.15) is 5.82 Å². The summed E-state index contributed by atoms with van der Waals surface area (Å²) in [7, 11) is 3.05. The molecule has 0 bridgehead atoms. The predicted molar refractivity (Wildman–Crippen MR) is 76.2 cm³/mol. The van der Waals surface area contributed by atoms with Crippen molar-refractivity contribution in [3.63, 3.8) is 0 Å². The lowest BCUT2D eigenvalue weighted by Gasteiger charge is -2.35. The van der Waals surface area contributed by atoms with E-state index < -0.39 is 5.54 Å². The summed E-state index contributed by atoms with van der Waals surface area (Å²) in [4.78, 5) is 0. The number of hydrogen-bond donors (Lipinski definition) is 1. The van der Waals surface area contributed by atoms with Crippen molar-refractivity contribution in [2.24, 2.45) is 5.73 Å². The van der Waals surface area contributed by atoms with Crippen LogP contribution < -0.4 is 15.2 Å². The molecular formula is C14H19BrFNO2. The highest BCUT2D eigenvalue weighted by atomic mass is 79.9. The van der Waals surface area contributed by atoms with Gasteiger partial charge in [0, 0.05) is 11.6 Å². The Hall–Kier alpha value is -0.810. The van der Waals surface area contributed by atoms with Crippen LogP contribution in [0.1, 0.15) is 37.7 Å². The highest BCUT2D eigenvalue weighted by Gasteiger charge is 2.37. The minimum atomic E-state index is -0.676. The maximum atomic E-state index is 14.5. The first-order chi connectivity index (χ1) is 9.03. The van der Waals surface area contributed by atoms with Gasteiger partial charge in [-0.3, -0.25) is 0 Å². The Kier molecular flexibility index (Phi) is 4.36. The Labute approximate surface area is 121 Å². The van der Waals surface area contributed by atoms with Crippen LogP contribution in [0.5, 0.6) is 11.5 Å². The second-order valence-corrected chi connectivity index (χ2v) is 5.85. The standard InChI is InChI=1S/C14H19BrFNO2/c1-18-10-8-9(15)12(16)11(13(10)19-2)14(17)6-4-3-5-7-14/h8H,3-7,17H2,1-2H3. The smallest absolute Gasteiger partial charge is 0.168 e. The molecule has 0 spiro atoms. The van der Waals surface area contributed by atoms with E-state index in [9.17, 15) is 4.39 Å². The summed E-state index contributed by atoms with van der Waals surface area (Å²) < 4.78 is 25.5. The number of benzene rings is 1. The Balaban J connectivity index is 2.62. The van der Waals surface area contributed by atoms with E-state index in [-0.39, 0.29) is 5.82 Å². The summed E-state index contributed by atoms with van der Waals surface area (Å²) in [6.07, 6.45) is 4.69. The van der Waals surface area contributed by atoms with Crippen molar-refractivity contribution in [2.45, 2.75) is 37.6 Å². The van der Waals surface area contributed by atoms with Crippen LogP contribution in [0.4, 0.5) is 4.39 Å². The molecule has 2 rings (SSSR count). The molecule has 2 N–H and O–H groups in total. The van der Waals surface area contributed by atoms with Crippen LogP contribution in [0.3, 0.4) is 0 Å². The minimum absolute atomic E-state index is 0.345. The molecule has 0 aliphatic heterocycles. The molecule has 1 aromatic carbocycles. The van der Waals surface area contributed by atoms with Crippen LogP contribution in [-0.4, -0.2) is 14.2 Å². The highest BCUT2D eigenvalue weighted by Crippen LogP contribution is 2.46. The maximum Gasteiger partial charge on any atom is 0.168 e. The van der Waals surface area contributed by atoms with Crippen molar-refractivity contribution in [3.8, 4) is 11.5 Å². The summed E-state index contributed by atoms with van der Waals surface area (Å²) in [6, 6.07) is 1.57. The molecule has 0 saturated heterocycles. The topological polar surface area (TPSA) is 44.5 Å². The van der Waals surface area contributed by atoms with E-state index in [0.717, 1.165) is 32.1 Å². The van der Waals surface area contributed by atoms with Gasteiger partial charge in [-0.05, 0) is 28.8 Å². The van der Waals surface area contributed by atoms with Crippen LogP contribution in [0, 0.1) is 5.82 Å². The van der Waals surface area contributed by atoms with Gasteiger partial charge in [-0.2, -0.15) is 0 Å². The molecular weight excluding hydrogens is 313 g/mol. The van der Waals surface area contributed by atoms with E-state index >= 15 is 0 Å². The first-order valence-corrected chi connectivity index (χ1v) is 7.22. The third kappa shape index (κ3) is 2.58. The third-order valence-corrected chi connectivity index (χ3v) is 4.38. The molecule has 1 aromatic rings. The van der Waals surface area contributed by atoms with E-state index in [4.69, 9.17) is 15.2 Å². The number of methoxy groups -OCH3 is 2. The van der Waals surface area contributed by atoms with Gasteiger partial charge in [-0.1, -0.05) is 19.3 Å². The SMILES string of the molecule is COc1cc(Br)c(F)c(C2(N)CCCCC2)c1OC. The number of rotatable bonds is 3. The maximum absolute atomic E-state index is 14.5. The molecule has 0 heterocycles. The Bertz CT molecular complexity index is 473. The normalized spacial score (nSPS) is 18.2. The lowest BCUT2D eigenvalue weighted by Crippen LogP contribution is -2.40. The van der Waals surface area contributed by atoms with Gasteiger partial charge in [-0.15, -0.1) is 0 Å². The van der Waals surface area contributed by atoms with E-state index in [2.05, 4.69) is 15.9 Å². The fourth-order valence-corrected chi connectivity index (χ4v) is 3.22. The third-order valence-electron chi connectivity index (χ3n) is 3.81. The van der Waals surface area contributed by atoms with Gasteiger partial charge in [0.25, 0.3) is 0 Å². The molecule has 0 unspecified atom stereocenters. The molecule has 3 nitrogen and oxygen atoms in total. The van der Waals surface area contributed by atoms with Crippen LogP contribution in [0.15, 0.2) is 10.5 Å². The van der Waals surface area contributed by atoms with E-state index in [1.807, 2.05) is 0 Å². The van der Waals surface area contributed by atoms with Crippen LogP contribution in [0.25, 0.3) is 0 Å². The molecule has 1 saturated carbocycles. The summed E-state index contributed by atoms with van der Waals surface area (Å²) in [5, 5.41) is 0. The fourth-order valence-electron chi connectivity index (χ4n) is 2.82. The molecule has 5 heteroatoms. The zero-order valence-corrected chi connectivity index (χ0v) is 12.8. The first-order valence-electron chi connectivity index (χ1n) is 6.43. The van der Waals surface area contributed by atoms with Crippen molar-refractivity contribution in [1.29, 1.82) is 0 Å². The molecule has 19 heavy (non-hydrogen) atoms. The second kappa shape index (κ2) is 5.67. The number of halogens is 2. The minimum Gasteiger partial charge on any atom is -0.493 e. The highest BCUT2D eigenvalue weighted by molar-refractivity contribution is 9.10. The van der Waals surface area contributed by atoms with Gasteiger partial charge in [0.2, 0.25) is 0 Å². The van der Waals surface area contributed by atoms with Crippen molar-refractivity contribution in [3.05, 3.63) is 21.9 Å². The van der Waals surface area contributed by atoms with Gasteiger partial charge >= 0.3 is 0 Å². The summed E-state index contributed by atoms with van der Waals surface area (Å²) in [5.41, 5.74) is 6.21. The monoisotopic (exact) mass is 331 g/mol. The first kappa shape index (κ1) is 14.6. The fraction of sp³-hybridized carbons (Fsp3) is 0.571. The summed E-state index contributed by atoms with van der Waals surface area (Å²) in [6.45, 7) is 0. The second-order valence-electron chi connectivity index (χ2n) is 5.00. The lowest BCUT2D eigenvalue weighted by atomic mass is 9.76. The molecule has 0 amide bonds. The zero-order valence-electron chi connectivity index (χ0n) is 11.3. The number of hydrogen-bond acceptors (Lipinski definition) is 3. The van der Waals surface area contributed by atoms with E-state index in [0.29, 0.717) is 21.5 Å². The Morgan fingerprint density at radius 1 is 1.21 bits per heavy atom. The number of nitrogens with two attached hydrogens (primary N) is 1. The average molecular weight is 332 g/mol. The van der Waals surface area contributed by atoms with Crippen LogP contribution in [-0.2, 0) is 5.54 Å². The van der Waals surface area contributed by atoms with Crippen molar-refractivity contribution in [2.75, 3.05) is 14.2 Å². The molecule has 1 aliphatic rings. The Morgan fingerprint density at radius 2 is 1.84 bits per heavy atom. The van der Waals surface area contributed by atoms with Crippen molar-refractivity contribution in [1.82, 2.24) is 0 Å². The van der Waals surface area contributed by atoms with Gasteiger partial charge in [0.15, 0.2) is 11.5 Å². The Morgan fingerprint density at radius 3 is 2.37 bits per heavy atom. The quantitative estimate of drug-likeness (QED) is 0.917. The molecule has 0 aromatic heterocycles. The van der Waals surface area contributed by atoms with Crippen LogP contribution in [0.2, 0.25) is 0 Å². The molecule has 106 valence electrons. The molecule has 0 radical (unpaired) electrons. The van der Waals surface area contributed by atoms with Gasteiger partial charge in [-0.25, -0.2) is 4.39 Å². The van der Waals surface area contributed by atoms with Crippen LogP contribution >= 0.6 is 15.9 Å². The number of ether oxygens (including phenoxy) is 2. The molecule has 0 atom stereocenters. The molecule has 1 fully saturated rings. The summed E-state index contributed by atoms with van der Waals surface area (Å²) in [5.74, 6) is 0.566. The van der Waals surface area contributed by atoms with Crippen molar-refractivity contribution < 1.29 is 13.9 Å². The van der Waals surface area contributed by atoms with Gasteiger partial charge in [0.05, 0.1) is 24.3 Å². The van der Waals surface area contributed by atoms with Crippen molar-refractivity contribution >= 4 is 15.9 Å². The largest absolute Gasteiger partial charge is 0.493 e.